The van der Waals surface area contributed by atoms with Crippen LogP contribution in [0.5, 0.6) is 0 Å². The summed E-state index contributed by atoms with van der Waals surface area (Å²) in [6, 6.07) is 0. The van der Waals surface area contributed by atoms with Crippen molar-refractivity contribution in [2.75, 3.05) is 7.11 Å². The Hall–Kier alpha value is -0.570. The maximum atomic E-state index is 11.1. The van der Waals surface area contributed by atoms with Gasteiger partial charge in [-0.1, -0.05) is 6.92 Å². The van der Waals surface area contributed by atoms with Crippen LogP contribution in [-0.4, -0.2) is 25.3 Å². The third-order valence-electron chi connectivity index (χ3n) is 3.05. The summed E-state index contributed by atoms with van der Waals surface area (Å²) in [5.74, 6) is -0.117. The van der Waals surface area contributed by atoms with Crippen molar-refractivity contribution in [1.82, 2.24) is 0 Å². The fourth-order valence-electron chi connectivity index (χ4n) is 2.18. The molecular formula is C9H14O3. The summed E-state index contributed by atoms with van der Waals surface area (Å²) >= 11 is 0. The van der Waals surface area contributed by atoms with E-state index in [-0.39, 0.29) is 11.4 Å². The summed E-state index contributed by atoms with van der Waals surface area (Å²) in [6.45, 7) is 2.11. The Morgan fingerprint density at radius 2 is 2.50 bits per heavy atom. The topological polar surface area (TPSA) is 38.8 Å². The average molecular weight is 170 g/mol. The molecule has 0 bridgehead atoms. The maximum Gasteiger partial charge on any atom is 0.306 e. The molecule has 2 rings (SSSR count). The van der Waals surface area contributed by atoms with Crippen LogP contribution in [0.4, 0.5) is 0 Å². The van der Waals surface area contributed by atoms with Crippen molar-refractivity contribution in [3.05, 3.63) is 0 Å². The van der Waals surface area contributed by atoms with Gasteiger partial charge in [-0.05, 0) is 12.8 Å². The van der Waals surface area contributed by atoms with Crippen LogP contribution in [0.2, 0.25) is 0 Å². The Morgan fingerprint density at radius 3 is 2.92 bits per heavy atom. The zero-order valence-electron chi connectivity index (χ0n) is 7.50. The quantitative estimate of drug-likeness (QED) is 0.460. The highest BCUT2D eigenvalue weighted by Gasteiger charge is 2.58. The summed E-state index contributed by atoms with van der Waals surface area (Å²) in [5, 5.41) is 0. The van der Waals surface area contributed by atoms with Crippen molar-refractivity contribution in [2.45, 2.75) is 38.4 Å². The van der Waals surface area contributed by atoms with Crippen molar-refractivity contribution in [3.63, 3.8) is 0 Å². The number of esters is 1. The Kier molecular flexibility index (Phi) is 1.65. The third kappa shape index (κ3) is 1.12. The molecular weight excluding hydrogens is 156 g/mol. The molecule has 0 N–H and O–H groups in total. The second-order valence-electron chi connectivity index (χ2n) is 4.04. The number of hydrogen-bond acceptors (Lipinski definition) is 3. The van der Waals surface area contributed by atoms with E-state index in [1.807, 2.05) is 0 Å². The number of methoxy groups -OCH3 is 1. The molecule has 1 heterocycles. The molecule has 1 saturated carbocycles. The lowest BCUT2D eigenvalue weighted by Crippen LogP contribution is -2.24. The summed E-state index contributed by atoms with van der Waals surface area (Å²) < 4.78 is 10.1. The van der Waals surface area contributed by atoms with E-state index >= 15 is 0 Å². The molecule has 2 aliphatic rings. The van der Waals surface area contributed by atoms with Gasteiger partial charge in [-0.3, -0.25) is 4.79 Å². The van der Waals surface area contributed by atoms with Gasteiger partial charge in [0.2, 0.25) is 0 Å². The predicted molar refractivity (Wildman–Crippen MR) is 42.6 cm³/mol. The van der Waals surface area contributed by atoms with Gasteiger partial charge in [0.05, 0.1) is 25.7 Å². The molecule has 3 unspecified atom stereocenters. The predicted octanol–water partition coefficient (Wildman–Crippen LogP) is 1.12. The Morgan fingerprint density at radius 1 is 1.75 bits per heavy atom. The molecule has 0 aromatic carbocycles. The lowest BCUT2D eigenvalue weighted by atomic mass is 9.84. The van der Waals surface area contributed by atoms with Gasteiger partial charge in [0, 0.05) is 5.41 Å². The molecule has 0 amide bonds. The highest BCUT2D eigenvalue weighted by molar-refractivity contribution is 5.70. The number of carbonyl (C=O) groups is 1. The summed E-state index contributed by atoms with van der Waals surface area (Å²) in [5.41, 5.74) is 0.0533. The molecule has 1 aliphatic carbocycles. The first-order chi connectivity index (χ1) is 5.65. The zero-order valence-corrected chi connectivity index (χ0v) is 7.50. The highest BCUT2D eigenvalue weighted by Crippen LogP contribution is 2.53. The number of epoxide rings is 1. The van der Waals surface area contributed by atoms with Crippen LogP contribution in [0.25, 0.3) is 0 Å². The lowest BCUT2D eigenvalue weighted by molar-refractivity contribution is -0.143. The molecule has 3 nitrogen and oxygen atoms in total. The number of fused-ring (bicyclic) bond motifs is 1. The molecule has 0 radical (unpaired) electrons. The van der Waals surface area contributed by atoms with Crippen LogP contribution in [0.1, 0.15) is 26.2 Å². The molecule has 68 valence electrons. The van der Waals surface area contributed by atoms with Crippen LogP contribution >= 0.6 is 0 Å². The number of rotatable bonds is 2. The number of carbonyl (C=O) groups excluding carboxylic acids is 1. The van der Waals surface area contributed by atoms with Crippen LogP contribution in [0.3, 0.4) is 0 Å². The van der Waals surface area contributed by atoms with E-state index in [4.69, 9.17) is 4.74 Å². The molecule has 1 saturated heterocycles. The molecule has 2 fully saturated rings. The number of ether oxygens (including phenoxy) is 2. The molecule has 3 atom stereocenters. The van der Waals surface area contributed by atoms with E-state index in [0.717, 1.165) is 12.8 Å². The fraction of sp³-hybridized carbons (Fsp3) is 0.889. The molecule has 0 aromatic rings. The molecule has 0 aromatic heterocycles. The maximum absolute atomic E-state index is 11.1. The van der Waals surface area contributed by atoms with Gasteiger partial charge in [0.25, 0.3) is 0 Å². The van der Waals surface area contributed by atoms with E-state index in [1.54, 1.807) is 0 Å². The highest BCUT2D eigenvalue weighted by atomic mass is 16.6. The molecule has 1 aliphatic heterocycles. The molecule has 12 heavy (non-hydrogen) atoms. The van der Waals surface area contributed by atoms with Crippen molar-refractivity contribution < 1.29 is 14.3 Å². The van der Waals surface area contributed by atoms with Gasteiger partial charge in [-0.25, -0.2) is 0 Å². The first-order valence-corrected chi connectivity index (χ1v) is 4.38. The van der Waals surface area contributed by atoms with Gasteiger partial charge in [-0.2, -0.15) is 0 Å². The van der Waals surface area contributed by atoms with Crippen LogP contribution in [-0.2, 0) is 14.3 Å². The smallest absolute Gasteiger partial charge is 0.306 e. The van der Waals surface area contributed by atoms with Crippen LogP contribution < -0.4 is 0 Å². The van der Waals surface area contributed by atoms with E-state index in [2.05, 4.69) is 11.7 Å². The van der Waals surface area contributed by atoms with Crippen LogP contribution in [0, 0.1) is 5.41 Å². The molecule has 0 spiro atoms. The van der Waals surface area contributed by atoms with E-state index < -0.39 is 0 Å². The Bertz CT molecular complexity index is 214. The van der Waals surface area contributed by atoms with Crippen molar-refractivity contribution >= 4 is 5.97 Å². The van der Waals surface area contributed by atoms with E-state index in [1.165, 1.54) is 7.11 Å². The summed E-state index contributed by atoms with van der Waals surface area (Å²) in [4.78, 5) is 11.1. The first kappa shape index (κ1) is 8.05. The van der Waals surface area contributed by atoms with Gasteiger partial charge >= 0.3 is 5.97 Å². The fourth-order valence-corrected chi connectivity index (χ4v) is 2.18. The monoisotopic (exact) mass is 170 g/mol. The minimum Gasteiger partial charge on any atom is -0.469 e. The third-order valence-corrected chi connectivity index (χ3v) is 3.05. The minimum absolute atomic E-state index is 0.0533. The van der Waals surface area contributed by atoms with E-state index in [0.29, 0.717) is 18.6 Å². The van der Waals surface area contributed by atoms with Crippen LogP contribution in [0.15, 0.2) is 0 Å². The second-order valence-corrected chi connectivity index (χ2v) is 4.04. The average Bonchev–Trinajstić information content (AvgIpc) is 2.75. The zero-order chi connectivity index (χ0) is 8.77. The van der Waals surface area contributed by atoms with E-state index in [9.17, 15) is 4.79 Å². The standard InChI is InChI=1S/C9H14O3/c1-9(5-7(10)11-2)4-3-6-8(9)12-6/h6,8H,3-5H2,1-2H3. The number of hydrogen-bond donors (Lipinski definition) is 0. The largest absolute Gasteiger partial charge is 0.469 e. The Labute approximate surface area is 72.0 Å². The summed E-state index contributed by atoms with van der Waals surface area (Å²) in [6.07, 6.45) is 3.48. The van der Waals surface area contributed by atoms with Crippen molar-refractivity contribution in [2.24, 2.45) is 5.41 Å². The first-order valence-electron chi connectivity index (χ1n) is 4.38. The second kappa shape index (κ2) is 2.46. The SMILES string of the molecule is COC(=O)CC1(C)CCC2OC21. The molecule has 3 heteroatoms. The van der Waals surface area contributed by atoms with Gasteiger partial charge in [0.1, 0.15) is 0 Å². The van der Waals surface area contributed by atoms with Crippen molar-refractivity contribution in [3.8, 4) is 0 Å². The van der Waals surface area contributed by atoms with Gasteiger partial charge in [0.15, 0.2) is 0 Å². The summed E-state index contributed by atoms with van der Waals surface area (Å²) in [7, 11) is 1.44. The van der Waals surface area contributed by atoms with Gasteiger partial charge < -0.3 is 9.47 Å². The normalized spacial score (nSPS) is 43.8. The lowest BCUT2D eigenvalue weighted by Gasteiger charge is -2.22. The Balaban J connectivity index is 1.97. The minimum atomic E-state index is -0.117. The van der Waals surface area contributed by atoms with Crippen molar-refractivity contribution in [1.29, 1.82) is 0 Å². The van der Waals surface area contributed by atoms with Gasteiger partial charge in [-0.15, -0.1) is 0 Å².